The molecule has 1 fully saturated rings. The summed E-state index contributed by atoms with van der Waals surface area (Å²) in [5.74, 6) is 0.395. The van der Waals surface area contributed by atoms with Crippen LogP contribution in [-0.4, -0.2) is 48.5 Å². The van der Waals surface area contributed by atoms with E-state index in [1.54, 1.807) is 35.2 Å². The third-order valence-electron chi connectivity index (χ3n) is 4.13. The fourth-order valence-corrected chi connectivity index (χ4v) is 2.69. The monoisotopic (exact) mass is 339 g/mol. The molecule has 1 amide bonds. The van der Waals surface area contributed by atoms with Gasteiger partial charge in [-0.3, -0.25) is 4.79 Å². The van der Waals surface area contributed by atoms with Crippen LogP contribution in [0.1, 0.15) is 5.56 Å². The number of hydrogen-bond donors (Lipinski definition) is 1. The first kappa shape index (κ1) is 16.7. The Kier molecular flexibility index (Phi) is 5.09. The van der Waals surface area contributed by atoms with Crippen LogP contribution in [0.2, 0.25) is 0 Å². The van der Waals surface area contributed by atoms with E-state index >= 15 is 0 Å². The molecule has 1 aliphatic rings. The summed E-state index contributed by atoms with van der Waals surface area (Å²) in [6, 6.07) is 12.1. The summed E-state index contributed by atoms with van der Waals surface area (Å²) in [4.78, 5) is 20.2. The lowest BCUT2D eigenvalue weighted by molar-refractivity contribution is -0.129. The molecule has 128 valence electrons. The highest BCUT2D eigenvalue weighted by atomic mass is 19.1. The molecule has 2 heterocycles. The summed E-state index contributed by atoms with van der Waals surface area (Å²) < 4.78 is 12.9. The first-order chi connectivity index (χ1) is 12.2. The lowest BCUT2D eigenvalue weighted by Gasteiger charge is -2.35. The van der Waals surface area contributed by atoms with Gasteiger partial charge in [0.25, 0.3) is 0 Å². The summed E-state index contributed by atoms with van der Waals surface area (Å²) in [6.07, 6.45) is 1.20. The van der Waals surface area contributed by atoms with E-state index in [0.29, 0.717) is 31.7 Å². The minimum absolute atomic E-state index is 0.0241. The van der Waals surface area contributed by atoms with Gasteiger partial charge in [0.05, 0.1) is 24.4 Å². The molecule has 1 N–H and O–H groups in total. The number of nitrogens with zero attached hydrogens (tertiary/aromatic N) is 4. The highest BCUT2D eigenvalue weighted by Crippen LogP contribution is 2.14. The molecule has 1 saturated heterocycles. The van der Waals surface area contributed by atoms with Gasteiger partial charge in [-0.05, 0) is 36.4 Å². The van der Waals surface area contributed by atoms with Gasteiger partial charge in [-0.1, -0.05) is 0 Å². The molecule has 7 heteroatoms. The predicted octanol–water partition coefficient (Wildman–Crippen LogP) is 1.85. The second-order valence-electron chi connectivity index (χ2n) is 5.75. The van der Waals surface area contributed by atoms with Crippen molar-refractivity contribution in [2.24, 2.45) is 0 Å². The zero-order valence-electron chi connectivity index (χ0n) is 13.7. The van der Waals surface area contributed by atoms with Gasteiger partial charge in [-0.25, -0.2) is 9.37 Å². The van der Waals surface area contributed by atoms with E-state index in [2.05, 4.69) is 16.4 Å². The molecule has 0 saturated carbocycles. The molecule has 1 aromatic heterocycles. The maximum atomic E-state index is 12.9. The van der Waals surface area contributed by atoms with Crippen molar-refractivity contribution in [2.75, 3.05) is 42.9 Å². The Morgan fingerprint density at radius 3 is 2.48 bits per heavy atom. The van der Waals surface area contributed by atoms with Gasteiger partial charge in [-0.15, -0.1) is 0 Å². The van der Waals surface area contributed by atoms with Gasteiger partial charge in [-0.2, -0.15) is 5.26 Å². The van der Waals surface area contributed by atoms with E-state index in [9.17, 15) is 9.18 Å². The summed E-state index contributed by atoms with van der Waals surface area (Å²) in [5.41, 5.74) is 1.39. The number of amides is 1. The number of halogens is 1. The molecule has 1 aliphatic heterocycles. The van der Waals surface area contributed by atoms with E-state index < -0.39 is 0 Å². The predicted molar refractivity (Wildman–Crippen MR) is 92.6 cm³/mol. The first-order valence-electron chi connectivity index (χ1n) is 8.04. The van der Waals surface area contributed by atoms with E-state index in [-0.39, 0.29) is 18.3 Å². The largest absolute Gasteiger partial charge is 0.376 e. The zero-order valence-corrected chi connectivity index (χ0v) is 13.7. The van der Waals surface area contributed by atoms with Crippen molar-refractivity contribution in [2.45, 2.75) is 0 Å². The molecule has 25 heavy (non-hydrogen) atoms. The fraction of sp³-hybridized carbons (Fsp3) is 0.278. The Hall–Kier alpha value is -3.14. The molecule has 0 aliphatic carbocycles. The van der Waals surface area contributed by atoms with E-state index in [4.69, 9.17) is 5.26 Å². The maximum Gasteiger partial charge on any atom is 0.241 e. The molecular weight excluding hydrogens is 321 g/mol. The molecule has 0 unspecified atom stereocenters. The normalized spacial score (nSPS) is 14.1. The topological polar surface area (TPSA) is 72.3 Å². The van der Waals surface area contributed by atoms with Crippen molar-refractivity contribution < 1.29 is 9.18 Å². The molecule has 0 radical (unpaired) electrons. The van der Waals surface area contributed by atoms with Crippen LogP contribution in [-0.2, 0) is 4.79 Å². The standard InChI is InChI=1S/C18H18FN5O/c19-15-3-6-17(22-12-15)23-7-9-24(10-8-23)18(25)13-21-16-4-1-14(11-20)2-5-16/h1-6,12,21H,7-10,13H2. The average molecular weight is 339 g/mol. The maximum absolute atomic E-state index is 12.9. The van der Waals surface area contributed by atoms with Crippen molar-refractivity contribution >= 4 is 17.4 Å². The Balaban J connectivity index is 1.48. The van der Waals surface area contributed by atoms with Gasteiger partial charge in [0, 0.05) is 31.9 Å². The number of piperazine rings is 1. The van der Waals surface area contributed by atoms with E-state index in [1.165, 1.54) is 12.3 Å². The van der Waals surface area contributed by atoms with Crippen LogP contribution in [0.3, 0.4) is 0 Å². The van der Waals surface area contributed by atoms with Crippen LogP contribution < -0.4 is 10.2 Å². The van der Waals surface area contributed by atoms with Gasteiger partial charge in [0.1, 0.15) is 11.6 Å². The second-order valence-corrected chi connectivity index (χ2v) is 5.75. The van der Waals surface area contributed by atoms with Crippen LogP contribution in [0.4, 0.5) is 15.9 Å². The SMILES string of the molecule is N#Cc1ccc(NCC(=O)N2CCN(c3ccc(F)cn3)CC2)cc1. The Labute approximate surface area is 145 Å². The molecule has 6 nitrogen and oxygen atoms in total. The van der Waals surface area contributed by atoms with Crippen LogP contribution in [0.25, 0.3) is 0 Å². The second kappa shape index (κ2) is 7.62. The third kappa shape index (κ3) is 4.23. The highest BCUT2D eigenvalue weighted by Gasteiger charge is 2.21. The lowest BCUT2D eigenvalue weighted by atomic mass is 10.2. The summed E-state index contributed by atoms with van der Waals surface area (Å²) in [6.45, 7) is 2.75. The van der Waals surface area contributed by atoms with Crippen molar-refractivity contribution in [3.63, 3.8) is 0 Å². The quantitative estimate of drug-likeness (QED) is 0.920. The zero-order chi connectivity index (χ0) is 17.6. The molecule has 3 rings (SSSR count). The Morgan fingerprint density at radius 1 is 1.16 bits per heavy atom. The minimum atomic E-state index is -0.355. The smallest absolute Gasteiger partial charge is 0.241 e. The van der Waals surface area contributed by atoms with E-state index in [1.807, 2.05) is 4.90 Å². The molecule has 1 aromatic carbocycles. The van der Waals surface area contributed by atoms with Crippen molar-refractivity contribution in [1.82, 2.24) is 9.88 Å². The number of anilines is 2. The molecule has 0 atom stereocenters. The number of rotatable bonds is 4. The van der Waals surface area contributed by atoms with Crippen LogP contribution in [0.5, 0.6) is 0 Å². The average Bonchev–Trinajstić information content (AvgIpc) is 2.67. The Bertz CT molecular complexity index is 762. The summed E-state index contributed by atoms with van der Waals surface area (Å²) in [5, 5.41) is 11.8. The first-order valence-corrected chi connectivity index (χ1v) is 8.04. The summed E-state index contributed by atoms with van der Waals surface area (Å²) in [7, 11) is 0. The van der Waals surface area contributed by atoms with Crippen LogP contribution in [0.15, 0.2) is 42.6 Å². The molecule has 2 aromatic rings. The third-order valence-corrected chi connectivity index (χ3v) is 4.13. The van der Waals surface area contributed by atoms with Gasteiger partial charge in [0.2, 0.25) is 5.91 Å². The number of carbonyl (C=O) groups excluding carboxylic acids is 1. The van der Waals surface area contributed by atoms with Crippen molar-refractivity contribution in [3.8, 4) is 6.07 Å². The number of pyridine rings is 1. The summed E-state index contributed by atoms with van der Waals surface area (Å²) >= 11 is 0. The van der Waals surface area contributed by atoms with Gasteiger partial charge < -0.3 is 15.1 Å². The molecular formula is C18H18FN5O. The number of benzene rings is 1. The fourth-order valence-electron chi connectivity index (χ4n) is 2.69. The van der Waals surface area contributed by atoms with Gasteiger partial charge in [0.15, 0.2) is 0 Å². The molecule has 0 bridgehead atoms. The van der Waals surface area contributed by atoms with Crippen LogP contribution >= 0.6 is 0 Å². The number of nitrogens with one attached hydrogen (secondary N) is 1. The number of aromatic nitrogens is 1. The highest BCUT2D eigenvalue weighted by molar-refractivity contribution is 5.81. The number of hydrogen-bond acceptors (Lipinski definition) is 5. The van der Waals surface area contributed by atoms with Crippen molar-refractivity contribution in [3.05, 3.63) is 54.0 Å². The number of nitriles is 1. The Morgan fingerprint density at radius 2 is 1.88 bits per heavy atom. The lowest BCUT2D eigenvalue weighted by Crippen LogP contribution is -2.50. The minimum Gasteiger partial charge on any atom is -0.376 e. The number of carbonyl (C=O) groups is 1. The van der Waals surface area contributed by atoms with Gasteiger partial charge >= 0.3 is 0 Å². The van der Waals surface area contributed by atoms with E-state index in [0.717, 1.165) is 11.5 Å². The molecule has 0 spiro atoms. The van der Waals surface area contributed by atoms with Crippen LogP contribution in [0, 0.1) is 17.1 Å². The van der Waals surface area contributed by atoms with Crippen molar-refractivity contribution in [1.29, 1.82) is 5.26 Å².